The molecule has 44 heavy (non-hydrogen) atoms. The maximum Gasteiger partial charge on any atom is 0.114 e. The molecule has 2 heteroatoms. The summed E-state index contributed by atoms with van der Waals surface area (Å²) in [5.74, 6) is 1.29. The van der Waals surface area contributed by atoms with E-state index in [-0.39, 0.29) is 11.3 Å². The molecule has 0 N–H and O–H groups in total. The Hall–Kier alpha value is -5.21. The first-order valence-electron chi connectivity index (χ1n) is 15.6. The molecule has 2 aliphatic rings. The number of fused-ring (bicyclic) bond motifs is 3. The van der Waals surface area contributed by atoms with E-state index in [1.807, 2.05) is 0 Å². The highest BCUT2D eigenvalue weighted by Crippen LogP contribution is 2.53. The summed E-state index contributed by atoms with van der Waals surface area (Å²) in [6.07, 6.45) is 10.0. The summed E-state index contributed by atoms with van der Waals surface area (Å²) in [6, 6.07) is 46.4. The number of hydrogen-bond donors (Lipinski definition) is 0. The monoisotopic (exact) mass is 566 g/mol. The number of rotatable bonds is 5. The Bertz CT molecular complexity index is 2090. The van der Waals surface area contributed by atoms with Gasteiger partial charge < -0.3 is 0 Å². The SMILES string of the molecule is CCc1nc2ccccc2n1-c1ccc(C2=C3C=CC=CC3C(C)(c3ccc(-c4ccccc4)cc3)c3ccccc32)cc1. The van der Waals surface area contributed by atoms with Gasteiger partial charge in [0, 0.05) is 23.4 Å². The van der Waals surface area contributed by atoms with Crippen molar-refractivity contribution in [1.29, 1.82) is 0 Å². The van der Waals surface area contributed by atoms with E-state index >= 15 is 0 Å². The lowest BCUT2D eigenvalue weighted by Gasteiger charge is -2.45. The van der Waals surface area contributed by atoms with E-state index in [1.54, 1.807) is 0 Å². The van der Waals surface area contributed by atoms with E-state index in [4.69, 9.17) is 4.98 Å². The molecule has 0 radical (unpaired) electrons. The molecule has 0 aliphatic heterocycles. The molecular weight excluding hydrogens is 532 g/mol. The molecule has 2 unspecified atom stereocenters. The van der Waals surface area contributed by atoms with Crippen molar-refractivity contribution >= 4 is 16.6 Å². The summed E-state index contributed by atoms with van der Waals surface area (Å²) < 4.78 is 2.30. The maximum atomic E-state index is 4.91. The largest absolute Gasteiger partial charge is 0.296 e. The number of benzene rings is 5. The molecule has 2 atom stereocenters. The van der Waals surface area contributed by atoms with Crippen LogP contribution < -0.4 is 0 Å². The van der Waals surface area contributed by atoms with Crippen LogP contribution in [0.2, 0.25) is 0 Å². The van der Waals surface area contributed by atoms with Crippen LogP contribution >= 0.6 is 0 Å². The standard InChI is InChI=1S/C42H34N2/c1-3-40-43-38-19-11-12-20-39(38)44(40)33-27-23-31(24-28-33)41-34-15-7-9-17-36(34)42(2,37-18-10-8-16-35(37)41)32-25-21-30(22-26-32)29-13-5-4-6-14-29/h4-28,36H,3H2,1-2H3. The number of nitrogens with zero attached hydrogens (tertiary/aromatic N) is 2. The molecule has 0 amide bonds. The smallest absolute Gasteiger partial charge is 0.114 e. The molecule has 0 fully saturated rings. The zero-order chi connectivity index (χ0) is 29.7. The van der Waals surface area contributed by atoms with Gasteiger partial charge in [-0.25, -0.2) is 4.98 Å². The number of aryl methyl sites for hydroxylation is 1. The van der Waals surface area contributed by atoms with Crippen LogP contribution in [0.15, 0.2) is 157 Å². The van der Waals surface area contributed by atoms with Crippen molar-refractivity contribution in [2.45, 2.75) is 25.7 Å². The van der Waals surface area contributed by atoms with E-state index in [9.17, 15) is 0 Å². The van der Waals surface area contributed by atoms with E-state index in [1.165, 1.54) is 44.5 Å². The summed E-state index contributed by atoms with van der Waals surface area (Å²) in [6.45, 7) is 4.60. The van der Waals surface area contributed by atoms with Gasteiger partial charge in [-0.15, -0.1) is 0 Å². The van der Waals surface area contributed by atoms with Gasteiger partial charge >= 0.3 is 0 Å². The molecule has 1 heterocycles. The van der Waals surface area contributed by atoms with Crippen LogP contribution in [0.4, 0.5) is 0 Å². The van der Waals surface area contributed by atoms with Crippen molar-refractivity contribution in [1.82, 2.24) is 9.55 Å². The Labute approximate surface area is 259 Å². The molecular formula is C42H34N2. The zero-order valence-electron chi connectivity index (χ0n) is 25.1. The van der Waals surface area contributed by atoms with E-state index in [2.05, 4.69) is 170 Å². The summed E-state index contributed by atoms with van der Waals surface area (Å²) in [7, 11) is 0. The van der Waals surface area contributed by atoms with Crippen LogP contribution in [0, 0.1) is 5.92 Å². The van der Waals surface area contributed by atoms with Crippen molar-refractivity contribution in [3.8, 4) is 16.8 Å². The van der Waals surface area contributed by atoms with Crippen molar-refractivity contribution in [3.05, 3.63) is 185 Å². The molecule has 2 aliphatic carbocycles. The molecule has 2 nitrogen and oxygen atoms in total. The minimum absolute atomic E-state index is 0.211. The molecule has 0 saturated carbocycles. The minimum atomic E-state index is -0.211. The van der Waals surface area contributed by atoms with Crippen molar-refractivity contribution < 1.29 is 0 Å². The Kier molecular flexibility index (Phi) is 6.31. The van der Waals surface area contributed by atoms with E-state index < -0.39 is 0 Å². The second kappa shape index (κ2) is 10.5. The first-order chi connectivity index (χ1) is 21.7. The lowest BCUT2D eigenvalue weighted by Crippen LogP contribution is -2.38. The lowest BCUT2D eigenvalue weighted by atomic mass is 9.57. The van der Waals surface area contributed by atoms with Gasteiger partial charge in [0.15, 0.2) is 0 Å². The van der Waals surface area contributed by atoms with Crippen LogP contribution in [0.3, 0.4) is 0 Å². The average molecular weight is 567 g/mol. The number of para-hydroxylation sites is 2. The van der Waals surface area contributed by atoms with E-state index in [0.29, 0.717) is 0 Å². The molecule has 8 rings (SSSR count). The quantitative estimate of drug-likeness (QED) is 0.203. The highest BCUT2D eigenvalue weighted by atomic mass is 15.1. The molecule has 1 aromatic heterocycles. The highest BCUT2D eigenvalue weighted by molar-refractivity contribution is 5.90. The molecule has 6 aromatic rings. The predicted octanol–water partition coefficient (Wildman–Crippen LogP) is 10.1. The van der Waals surface area contributed by atoms with Crippen LogP contribution in [-0.4, -0.2) is 9.55 Å². The summed E-state index contributed by atoms with van der Waals surface area (Å²) in [4.78, 5) is 4.91. The summed E-state index contributed by atoms with van der Waals surface area (Å²) >= 11 is 0. The Morgan fingerprint density at radius 2 is 1.36 bits per heavy atom. The van der Waals surface area contributed by atoms with Crippen molar-refractivity contribution in [2.24, 2.45) is 5.92 Å². The van der Waals surface area contributed by atoms with Gasteiger partial charge in [0.1, 0.15) is 5.82 Å². The first kappa shape index (κ1) is 26.4. The van der Waals surface area contributed by atoms with E-state index in [0.717, 1.165) is 29.0 Å². The van der Waals surface area contributed by atoms with Gasteiger partial charge in [0.25, 0.3) is 0 Å². The van der Waals surface area contributed by atoms with Crippen LogP contribution in [0.5, 0.6) is 0 Å². The Morgan fingerprint density at radius 1 is 0.682 bits per heavy atom. The van der Waals surface area contributed by atoms with Gasteiger partial charge in [-0.3, -0.25) is 4.57 Å². The predicted molar refractivity (Wildman–Crippen MR) is 183 cm³/mol. The number of imidazole rings is 1. The summed E-state index contributed by atoms with van der Waals surface area (Å²) in [5, 5.41) is 0. The molecule has 5 aromatic carbocycles. The Balaban J connectivity index is 1.25. The van der Waals surface area contributed by atoms with Crippen LogP contribution in [0.25, 0.3) is 33.4 Å². The average Bonchev–Trinajstić information content (AvgIpc) is 3.48. The normalized spacial score (nSPS) is 18.8. The van der Waals surface area contributed by atoms with Crippen LogP contribution in [-0.2, 0) is 11.8 Å². The maximum absolute atomic E-state index is 4.91. The van der Waals surface area contributed by atoms with Gasteiger partial charge in [0.05, 0.1) is 11.0 Å². The summed E-state index contributed by atoms with van der Waals surface area (Å²) in [5.41, 5.74) is 13.6. The molecule has 212 valence electrons. The van der Waals surface area contributed by atoms with Gasteiger partial charge in [-0.05, 0) is 68.8 Å². The second-order valence-electron chi connectivity index (χ2n) is 12.0. The minimum Gasteiger partial charge on any atom is -0.296 e. The fraction of sp³-hybridized carbons (Fsp3) is 0.119. The third-order valence-electron chi connectivity index (χ3n) is 9.64. The van der Waals surface area contributed by atoms with Gasteiger partial charge in [0.2, 0.25) is 0 Å². The fourth-order valence-electron chi connectivity index (χ4n) is 7.44. The molecule has 0 saturated heterocycles. The number of hydrogen-bond acceptors (Lipinski definition) is 1. The topological polar surface area (TPSA) is 17.8 Å². The third kappa shape index (κ3) is 4.06. The first-order valence-corrected chi connectivity index (χ1v) is 15.6. The zero-order valence-corrected chi connectivity index (χ0v) is 25.1. The van der Waals surface area contributed by atoms with Gasteiger partial charge in [-0.1, -0.05) is 141 Å². The number of allylic oxidation sites excluding steroid dienone is 5. The highest BCUT2D eigenvalue weighted by Gasteiger charge is 2.44. The Morgan fingerprint density at radius 3 is 2.16 bits per heavy atom. The van der Waals surface area contributed by atoms with Crippen LogP contribution in [0.1, 0.15) is 41.9 Å². The van der Waals surface area contributed by atoms with Crippen molar-refractivity contribution in [3.63, 3.8) is 0 Å². The van der Waals surface area contributed by atoms with Crippen molar-refractivity contribution in [2.75, 3.05) is 0 Å². The molecule has 0 spiro atoms. The third-order valence-corrected chi connectivity index (χ3v) is 9.64. The number of aromatic nitrogens is 2. The molecule has 0 bridgehead atoms. The lowest BCUT2D eigenvalue weighted by molar-refractivity contribution is 0.463. The second-order valence-corrected chi connectivity index (χ2v) is 12.0. The van der Waals surface area contributed by atoms with Gasteiger partial charge in [-0.2, -0.15) is 0 Å². The fourth-order valence-corrected chi connectivity index (χ4v) is 7.44.